The lowest BCUT2D eigenvalue weighted by Gasteiger charge is -2.17. The summed E-state index contributed by atoms with van der Waals surface area (Å²) in [7, 11) is 1.46. The number of anilines is 3. The number of ketones is 1. The zero-order valence-corrected chi connectivity index (χ0v) is 17.1. The molecule has 7 nitrogen and oxygen atoms in total. The van der Waals surface area contributed by atoms with Crippen molar-refractivity contribution < 1.29 is 23.1 Å². The van der Waals surface area contributed by atoms with Crippen LogP contribution in [0.2, 0.25) is 0 Å². The molecule has 0 saturated heterocycles. The fraction of sp³-hybridized carbons (Fsp3) is 0.364. The summed E-state index contributed by atoms with van der Waals surface area (Å²) in [6.45, 7) is 1.61. The highest BCUT2D eigenvalue weighted by atomic mass is 19.3. The summed E-state index contributed by atoms with van der Waals surface area (Å²) in [5.74, 6) is -4.70. The van der Waals surface area contributed by atoms with Gasteiger partial charge < -0.3 is 20.8 Å². The molecule has 0 spiro atoms. The summed E-state index contributed by atoms with van der Waals surface area (Å²) in [6.07, 6.45) is 2.35. The van der Waals surface area contributed by atoms with E-state index in [1.165, 1.54) is 19.4 Å². The molecule has 162 valence electrons. The Balaban J connectivity index is 1.71. The number of halogens is 2. The van der Waals surface area contributed by atoms with E-state index in [2.05, 4.69) is 15.6 Å². The molecular weight excluding hydrogens is 406 g/mol. The van der Waals surface area contributed by atoms with E-state index in [-0.39, 0.29) is 34.6 Å². The minimum atomic E-state index is -3.01. The standard InChI is InChI=1S/C22H22F2N4O3/c1-11(25)13-4-3-5-16(20(13)31-2)27-17-8-18(28-21(30)12-6-7-12)26-10-14(17)19(29)15-9-22(15,23)24/h3-5,8,10,12,15,25H,6-7,9H2,1-2H3,(H2,26,27,28,30). The van der Waals surface area contributed by atoms with E-state index in [0.717, 1.165) is 12.8 Å². The van der Waals surface area contributed by atoms with Crippen LogP contribution in [0.1, 0.15) is 42.1 Å². The number of carbonyl (C=O) groups is 2. The van der Waals surface area contributed by atoms with Crippen molar-refractivity contribution in [1.82, 2.24) is 4.98 Å². The number of para-hydroxylation sites is 1. The third-order valence-electron chi connectivity index (χ3n) is 5.40. The van der Waals surface area contributed by atoms with Crippen LogP contribution in [-0.4, -0.2) is 35.4 Å². The molecular formula is C22H22F2N4O3. The van der Waals surface area contributed by atoms with Crippen LogP contribution in [0.5, 0.6) is 5.75 Å². The third-order valence-corrected chi connectivity index (χ3v) is 5.40. The largest absolute Gasteiger partial charge is 0.494 e. The molecule has 1 heterocycles. The maximum atomic E-state index is 13.5. The molecule has 3 N–H and O–H groups in total. The van der Waals surface area contributed by atoms with E-state index in [4.69, 9.17) is 10.1 Å². The van der Waals surface area contributed by atoms with Crippen molar-refractivity contribution in [3.8, 4) is 5.75 Å². The molecule has 2 aliphatic rings. The van der Waals surface area contributed by atoms with Gasteiger partial charge in [0.25, 0.3) is 5.92 Å². The summed E-state index contributed by atoms with van der Waals surface area (Å²) in [5.41, 5.74) is 1.51. The number of carbonyl (C=O) groups excluding carboxylic acids is 2. The van der Waals surface area contributed by atoms with E-state index in [1.807, 2.05) is 0 Å². The molecule has 31 heavy (non-hydrogen) atoms. The van der Waals surface area contributed by atoms with Crippen molar-refractivity contribution in [1.29, 1.82) is 5.41 Å². The summed E-state index contributed by atoms with van der Waals surface area (Å²) >= 11 is 0. The number of benzene rings is 1. The number of Topliss-reactive ketones (excluding diaryl/α,β-unsaturated/α-hetero) is 1. The molecule has 1 unspecified atom stereocenters. The van der Waals surface area contributed by atoms with Crippen molar-refractivity contribution in [2.75, 3.05) is 17.7 Å². The number of nitrogens with one attached hydrogen (secondary N) is 3. The van der Waals surface area contributed by atoms with Crippen LogP contribution >= 0.6 is 0 Å². The lowest BCUT2D eigenvalue weighted by molar-refractivity contribution is -0.117. The Labute approximate surface area is 177 Å². The Bertz CT molecular complexity index is 1080. The molecule has 2 aromatic rings. The fourth-order valence-electron chi connectivity index (χ4n) is 3.38. The number of rotatable bonds is 8. The zero-order chi connectivity index (χ0) is 22.3. The van der Waals surface area contributed by atoms with Gasteiger partial charge in [-0.2, -0.15) is 0 Å². The van der Waals surface area contributed by atoms with E-state index < -0.39 is 24.0 Å². The number of methoxy groups -OCH3 is 1. The Morgan fingerprint density at radius 1 is 1.23 bits per heavy atom. The Kier molecular flexibility index (Phi) is 5.20. The van der Waals surface area contributed by atoms with Gasteiger partial charge in [-0.15, -0.1) is 0 Å². The molecule has 9 heteroatoms. The van der Waals surface area contributed by atoms with Crippen molar-refractivity contribution in [2.45, 2.75) is 32.1 Å². The van der Waals surface area contributed by atoms with Crippen LogP contribution in [0, 0.1) is 17.2 Å². The first-order valence-corrected chi connectivity index (χ1v) is 9.93. The predicted octanol–water partition coefficient (Wildman–Crippen LogP) is 4.41. The summed E-state index contributed by atoms with van der Waals surface area (Å²) in [4.78, 5) is 28.9. The van der Waals surface area contributed by atoms with Crippen molar-refractivity contribution >= 4 is 34.6 Å². The van der Waals surface area contributed by atoms with Gasteiger partial charge in [0.2, 0.25) is 5.91 Å². The summed E-state index contributed by atoms with van der Waals surface area (Å²) in [5, 5.41) is 13.7. The lowest BCUT2D eigenvalue weighted by Crippen LogP contribution is -2.16. The van der Waals surface area contributed by atoms with Crippen molar-refractivity contribution in [3.05, 3.63) is 41.6 Å². The molecule has 1 aromatic carbocycles. The maximum Gasteiger partial charge on any atom is 0.259 e. The average Bonchev–Trinajstić information content (AvgIpc) is 3.64. The number of amides is 1. The highest BCUT2D eigenvalue weighted by Gasteiger charge is 2.61. The number of hydrogen-bond acceptors (Lipinski definition) is 6. The third kappa shape index (κ3) is 4.26. The molecule has 0 bridgehead atoms. The maximum absolute atomic E-state index is 13.5. The van der Waals surface area contributed by atoms with Gasteiger partial charge in [-0.25, -0.2) is 13.8 Å². The molecule has 4 rings (SSSR count). The van der Waals surface area contributed by atoms with Gasteiger partial charge in [0.15, 0.2) is 11.5 Å². The number of aromatic nitrogens is 1. The first-order valence-electron chi connectivity index (χ1n) is 9.93. The van der Waals surface area contributed by atoms with Crippen LogP contribution in [0.4, 0.5) is 26.0 Å². The second-order valence-electron chi connectivity index (χ2n) is 7.90. The zero-order valence-electron chi connectivity index (χ0n) is 17.1. The topological polar surface area (TPSA) is 104 Å². The van der Waals surface area contributed by atoms with Gasteiger partial charge in [0.1, 0.15) is 5.82 Å². The highest BCUT2D eigenvalue weighted by Crippen LogP contribution is 2.51. The van der Waals surface area contributed by atoms with E-state index >= 15 is 0 Å². The molecule has 0 radical (unpaired) electrons. The normalized spacial score (nSPS) is 18.8. The SMILES string of the molecule is COc1c(Nc2cc(NC(=O)C3CC3)ncc2C(=O)C2CC2(F)F)cccc1C(C)=N. The number of alkyl halides is 2. The van der Waals surface area contributed by atoms with Crippen LogP contribution in [0.15, 0.2) is 30.5 Å². The fourth-order valence-corrected chi connectivity index (χ4v) is 3.38. The summed E-state index contributed by atoms with van der Waals surface area (Å²) in [6, 6.07) is 6.58. The molecule has 1 atom stereocenters. The van der Waals surface area contributed by atoms with E-state index in [9.17, 15) is 18.4 Å². The second kappa shape index (κ2) is 7.72. The average molecular weight is 428 g/mol. The minimum Gasteiger partial charge on any atom is -0.494 e. The van der Waals surface area contributed by atoms with Crippen LogP contribution < -0.4 is 15.4 Å². The smallest absolute Gasteiger partial charge is 0.259 e. The lowest BCUT2D eigenvalue weighted by atomic mass is 10.1. The number of hydrogen-bond donors (Lipinski definition) is 3. The van der Waals surface area contributed by atoms with Gasteiger partial charge >= 0.3 is 0 Å². The first kappa shape index (κ1) is 20.9. The van der Waals surface area contributed by atoms with Gasteiger partial charge in [-0.05, 0) is 31.9 Å². The number of ether oxygens (including phenoxy) is 1. The van der Waals surface area contributed by atoms with E-state index in [0.29, 0.717) is 17.0 Å². The quantitative estimate of drug-likeness (QED) is 0.427. The Morgan fingerprint density at radius 2 is 1.94 bits per heavy atom. The van der Waals surface area contributed by atoms with Crippen molar-refractivity contribution in [2.24, 2.45) is 11.8 Å². The van der Waals surface area contributed by atoms with Gasteiger partial charge in [0.05, 0.1) is 30.0 Å². The van der Waals surface area contributed by atoms with Crippen LogP contribution in [0.3, 0.4) is 0 Å². The monoisotopic (exact) mass is 428 g/mol. The number of nitrogens with zero attached hydrogens (tertiary/aromatic N) is 1. The number of pyridine rings is 1. The molecule has 2 aliphatic carbocycles. The van der Waals surface area contributed by atoms with Gasteiger partial charge in [-0.3, -0.25) is 9.59 Å². The molecule has 1 amide bonds. The predicted molar refractivity (Wildman–Crippen MR) is 112 cm³/mol. The van der Waals surface area contributed by atoms with Crippen molar-refractivity contribution in [3.63, 3.8) is 0 Å². The molecule has 1 aromatic heterocycles. The van der Waals surface area contributed by atoms with E-state index in [1.54, 1.807) is 25.1 Å². The Morgan fingerprint density at radius 3 is 2.52 bits per heavy atom. The molecule has 0 aliphatic heterocycles. The van der Waals surface area contributed by atoms with Crippen LogP contribution in [-0.2, 0) is 4.79 Å². The van der Waals surface area contributed by atoms with Gasteiger partial charge in [-0.1, -0.05) is 6.07 Å². The van der Waals surface area contributed by atoms with Gasteiger partial charge in [0, 0.05) is 35.9 Å². The minimum absolute atomic E-state index is 0.00521. The Hall–Kier alpha value is -3.36. The summed E-state index contributed by atoms with van der Waals surface area (Å²) < 4.78 is 32.5. The van der Waals surface area contributed by atoms with Crippen LogP contribution in [0.25, 0.3) is 0 Å². The molecule has 2 saturated carbocycles. The second-order valence-corrected chi connectivity index (χ2v) is 7.90. The molecule has 2 fully saturated rings. The highest BCUT2D eigenvalue weighted by molar-refractivity contribution is 6.06. The first-order chi connectivity index (χ1) is 14.7.